The van der Waals surface area contributed by atoms with E-state index >= 15 is 0 Å². The molecule has 2 aliphatic heterocycles. The maximum absolute atomic E-state index is 8.38. The number of pyridine rings is 3. The molecule has 0 atom stereocenters. The van der Waals surface area contributed by atoms with Gasteiger partial charge in [0.15, 0.2) is 0 Å². The monoisotopic (exact) mass is 809 g/mol. The molecule has 0 radical (unpaired) electrons. The van der Waals surface area contributed by atoms with Crippen LogP contribution in [-0.2, 0) is 10.8 Å². The summed E-state index contributed by atoms with van der Waals surface area (Å²) in [6, 6.07) is 40.8. The number of para-hydroxylation sites is 4. The minimum Gasteiger partial charge on any atom is -0.421 e. The SMILES string of the molecule is [2H]C([2H])([2H])N1CN(c2ccc3c4ccc(N5CN(C)c6ccccc65)cc4n(-c4cc(Oc5cc(C(C)(C)C)ccn5)nc(Oc5cc(C(C)(C)C)ccn5)c4)c3c2)c2ccccc21. The lowest BCUT2D eigenvalue weighted by molar-refractivity contribution is 0.407. The molecule has 0 amide bonds. The van der Waals surface area contributed by atoms with Gasteiger partial charge in [0, 0.05) is 76.9 Å². The van der Waals surface area contributed by atoms with Gasteiger partial charge in [0.1, 0.15) is 0 Å². The van der Waals surface area contributed by atoms with Gasteiger partial charge in [-0.15, -0.1) is 0 Å². The molecule has 0 saturated carbocycles. The number of hydrogen-bond acceptors (Lipinski definition) is 9. The van der Waals surface area contributed by atoms with E-state index in [4.69, 9.17) is 18.6 Å². The summed E-state index contributed by atoms with van der Waals surface area (Å²) in [5.41, 5.74) is 10.1. The summed E-state index contributed by atoms with van der Waals surface area (Å²) < 4.78 is 40.5. The molecule has 4 aromatic carbocycles. The Labute approximate surface area is 361 Å². The zero-order valence-corrected chi connectivity index (χ0v) is 35.5. The maximum Gasteiger partial charge on any atom is 0.226 e. The Kier molecular flexibility index (Phi) is 8.14. The molecular formula is C51H50N8O2. The summed E-state index contributed by atoms with van der Waals surface area (Å²) >= 11 is 0. The molecule has 0 bridgehead atoms. The number of rotatable bonds is 7. The average molecular weight is 810 g/mol. The van der Waals surface area contributed by atoms with Gasteiger partial charge in [0.05, 0.1) is 52.8 Å². The minimum absolute atomic E-state index is 0.131. The van der Waals surface area contributed by atoms with Crippen LogP contribution < -0.4 is 29.1 Å². The first kappa shape index (κ1) is 34.8. The molecule has 0 aliphatic carbocycles. The lowest BCUT2D eigenvalue weighted by Crippen LogP contribution is -2.24. The van der Waals surface area contributed by atoms with Gasteiger partial charge in [-0.05, 0) is 82.6 Å². The standard InChI is InChI=1S/C51H50N8O2/c1-50(2,3)33-21-23-52-46(25-33)60-48-29-37(30-49(54-48)61-47-26-34(22-24-53-47)51(4,5)6)59-44-27-35(57-31-55(7)40-13-9-11-15-42(40)57)17-19-38(44)39-20-18-36(28-45(39)59)58-32-56(8)41-14-10-12-16-43(41)58/h9-30H,31-32H2,1-8H3/i7D3. The van der Waals surface area contributed by atoms with E-state index in [0.717, 1.165) is 67.1 Å². The molecule has 0 saturated heterocycles. The molecule has 0 N–H and O–H groups in total. The Morgan fingerprint density at radius 3 is 1.44 bits per heavy atom. The third kappa shape index (κ3) is 6.91. The Hall–Kier alpha value is -7.07. The largest absolute Gasteiger partial charge is 0.421 e. The van der Waals surface area contributed by atoms with Gasteiger partial charge in [-0.3, -0.25) is 0 Å². The van der Waals surface area contributed by atoms with Gasteiger partial charge in [-0.25, -0.2) is 9.97 Å². The van der Waals surface area contributed by atoms with E-state index < -0.39 is 6.98 Å². The van der Waals surface area contributed by atoms with Crippen LogP contribution >= 0.6 is 0 Å². The van der Waals surface area contributed by atoms with E-state index in [1.165, 1.54) is 4.90 Å². The van der Waals surface area contributed by atoms with Crippen molar-refractivity contribution in [2.45, 2.75) is 52.4 Å². The van der Waals surface area contributed by atoms with Crippen molar-refractivity contribution >= 4 is 55.9 Å². The third-order valence-electron chi connectivity index (χ3n) is 11.7. The third-order valence-corrected chi connectivity index (χ3v) is 11.7. The molecule has 0 fully saturated rings. The second-order valence-electron chi connectivity index (χ2n) is 18.0. The Morgan fingerprint density at radius 1 is 0.508 bits per heavy atom. The van der Waals surface area contributed by atoms with Crippen molar-refractivity contribution in [3.05, 3.63) is 145 Å². The lowest BCUT2D eigenvalue weighted by Gasteiger charge is -2.21. The normalized spacial score (nSPS) is 14.9. The van der Waals surface area contributed by atoms with Crippen LogP contribution in [0.25, 0.3) is 27.5 Å². The molecule has 61 heavy (non-hydrogen) atoms. The zero-order chi connectivity index (χ0) is 44.7. The topological polar surface area (TPSA) is 75.0 Å². The fourth-order valence-corrected chi connectivity index (χ4v) is 8.42. The molecule has 0 spiro atoms. The first-order valence-corrected chi connectivity index (χ1v) is 20.6. The second kappa shape index (κ2) is 14.3. The van der Waals surface area contributed by atoms with Gasteiger partial charge >= 0.3 is 0 Å². The molecule has 2 aliphatic rings. The summed E-state index contributed by atoms with van der Waals surface area (Å²) in [6.07, 6.45) is 3.51. The number of ether oxygens (including phenoxy) is 2. The van der Waals surface area contributed by atoms with Crippen LogP contribution in [0.15, 0.2) is 134 Å². The van der Waals surface area contributed by atoms with Crippen molar-refractivity contribution in [3.63, 3.8) is 0 Å². The Bertz CT molecular complexity index is 3020. The smallest absolute Gasteiger partial charge is 0.226 e. The van der Waals surface area contributed by atoms with E-state index in [0.29, 0.717) is 24.1 Å². The molecule has 10 rings (SSSR count). The van der Waals surface area contributed by atoms with E-state index in [2.05, 4.69) is 138 Å². The van der Waals surface area contributed by atoms with Gasteiger partial charge in [0.2, 0.25) is 23.5 Å². The predicted molar refractivity (Wildman–Crippen MR) is 248 cm³/mol. The highest BCUT2D eigenvalue weighted by Gasteiger charge is 2.28. The quantitative estimate of drug-likeness (QED) is 0.156. The highest BCUT2D eigenvalue weighted by molar-refractivity contribution is 6.11. The lowest BCUT2D eigenvalue weighted by atomic mass is 9.88. The minimum atomic E-state index is -2.32. The van der Waals surface area contributed by atoms with Gasteiger partial charge in [-0.1, -0.05) is 77.9 Å². The van der Waals surface area contributed by atoms with Crippen molar-refractivity contribution in [1.82, 2.24) is 19.5 Å². The maximum atomic E-state index is 8.38. The summed E-state index contributed by atoms with van der Waals surface area (Å²) in [5.74, 6) is 1.39. The van der Waals surface area contributed by atoms with E-state index in [-0.39, 0.29) is 29.3 Å². The number of fused-ring (bicyclic) bond motifs is 5. The molecular weight excluding hydrogens is 757 g/mol. The number of benzene rings is 4. The number of anilines is 6. The molecule has 4 aromatic heterocycles. The van der Waals surface area contributed by atoms with E-state index in [1.54, 1.807) is 12.4 Å². The van der Waals surface area contributed by atoms with Crippen LogP contribution in [0.2, 0.25) is 0 Å². The van der Waals surface area contributed by atoms with Crippen molar-refractivity contribution in [2.75, 3.05) is 47.0 Å². The van der Waals surface area contributed by atoms with E-state index in [1.807, 2.05) is 60.7 Å². The highest BCUT2D eigenvalue weighted by atomic mass is 16.5. The zero-order valence-electron chi connectivity index (χ0n) is 38.5. The van der Waals surface area contributed by atoms with Crippen LogP contribution in [0.5, 0.6) is 23.5 Å². The first-order valence-electron chi connectivity index (χ1n) is 22.1. The molecule has 0 unspecified atom stereocenters. The van der Waals surface area contributed by atoms with Crippen molar-refractivity contribution in [2.24, 2.45) is 0 Å². The van der Waals surface area contributed by atoms with E-state index in [9.17, 15) is 0 Å². The fourth-order valence-electron chi connectivity index (χ4n) is 8.42. The average Bonchev–Trinajstić information content (AvgIpc) is 3.92. The van der Waals surface area contributed by atoms with Crippen LogP contribution in [0.1, 0.15) is 56.8 Å². The fraction of sp³-hybridized carbons (Fsp3) is 0.235. The molecule has 10 nitrogen and oxygen atoms in total. The van der Waals surface area contributed by atoms with Crippen molar-refractivity contribution < 1.29 is 13.6 Å². The Morgan fingerprint density at radius 2 is 0.967 bits per heavy atom. The van der Waals surface area contributed by atoms with Crippen LogP contribution in [0.4, 0.5) is 34.1 Å². The second-order valence-corrected chi connectivity index (χ2v) is 18.0. The Balaban J connectivity index is 1.19. The summed E-state index contributed by atoms with van der Waals surface area (Å²) in [5, 5.41) is 2.06. The molecule has 8 aromatic rings. The van der Waals surface area contributed by atoms with Gasteiger partial charge in [0.25, 0.3) is 0 Å². The van der Waals surface area contributed by atoms with Crippen molar-refractivity contribution in [1.29, 1.82) is 0 Å². The molecule has 10 heteroatoms. The molecule has 6 heterocycles. The predicted octanol–water partition coefficient (Wildman–Crippen LogP) is 12.2. The number of nitrogens with zero attached hydrogens (tertiary/aromatic N) is 8. The molecule has 306 valence electrons. The summed E-state index contributed by atoms with van der Waals surface area (Å²) in [4.78, 5) is 22.2. The van der Waals surface area contributed by atoms with Crippen LogP contribution in [-0.4, -0.2) is 46.9 Å². The summed E-state index contributed by atoms with van der Waals surface area (Å²) in [7, 11) is 2.11. The first-order chi connectivity index (χ1) is 30.5. The number of hydrogen-bond donors (Lipinski definition) is 0. The number of aromatic nitrogens is 4. The van der Waals surface area contributed by atoms with Gasteiger partial charge < -0.3 is 33.6 Å². The highest BCUT2D eigenvalue weighted by Crippen LogP contribution is 2.45. The van der Waals surface area contributed by atoms with Crippen LogP contribution in [0.3, 0.4) is 0 Å². The van der Waals surface area contributed by atoms with Crippen molar-refractivity contribution in [3.8, 4) is 29.2 Å². The van der Waals surface area contributed by atoms with Crippen LogP contribution in [0, 0.1) is 0 Å². The van der Waals surface area contributed by atoms with Gasteiger partial charge in [-0.2, -0.15) is 4.98 Å². The summed E-state index contributed by atoms with van der Waals surface area (Å²) in [6.45, 7) is 11.5.